The van der Waals surface area contributed by atoms with Gasteiger partial charge in [-0.25, -0.2) is 0 Å². The molecule has 5 atom stereocenters. The lowest BCUT2D eigenvalue weighted by Crippen LogP contribution is -2.48. The molecule has 0 radical (unpaired) electrons. The van der Waals surface area contributed by atoms with Crippen LogP contribution in [-0.4, -0.2) is 0 Å². The Morgan fingerprint density at radius 2 is 0.711 bits per heavy atom. The zero-order valence-corrected chi connectivity index (χ0v) is 35.6. The van der Waals surface area contributed by atoms with Crippen molar-refractivity contribution in [3.8, 4) is 0 Å². The fourth-order valence-electron chi connectivity index (χ4n) is 8.84. The highest BCUT2D eigenvalue weighted by molar-refractivity contribution is 5.02. The van der Waals surface area contributed by atoms with E-state index >= 15 is 0 Å². The zero-order valence-electron chi connectivity index (χ0n) is 35.6. The second-order valence-corrected chi connectivity index (χ2v) is 18.7. The van der Waals surface area contributed by atoms with Gasteiger partial charge in [0.15, 0.2) is 0 Å². The van der Waals surface area contributed by atoms with Gasteiger partial charge in [-0.3, -0.25) is 0 Å². The normalized spacial score (nSPS) is 18.7. The highest BCUT2D eigenvalue weighted by Crippen LogP contribution is 2.61. The quantitative estimate of drug-likeness (QED) is 0.0937. The minimum absolute atomic E-state index is 0.426. The first kappa shape index (κ1) is 47.1. The summed E-state index contributed by atoms with van der Waals surface area (Å²) < 4.78 is 0. The molecule has 5 unspecified atom stereocenters. The van der Waals surface area contributed by atoms with Gasteiger partial charge >= 0.3 is 0 Å². The van der Waals surface area contributed by atoms with Crippen LogP contribution < -0.4 is 0 Å². The molecule has 0 fully saturated rings. The van der Waals surface area contributed by atoms with E-state index in [-0.39, 0.29) is 0 Å². The Hall–Kier alpha value is 0. The largest absolute Gasteiger partial charge is 0.0654 e. The Balaban J connectivity index is 0. The van der Waals surface area contributed by atoms with Crippen LogP contribution in [0.3, 0.4) is 0 Å². The summed E-state index contributed by atoms with van der Waals surface area (Å²) in [4.78, 5) is 0. The van der Waals surface area contributed by atoms with Gasteiger partial charge < -0.3 is 0 Å². The van der Waals surface area contributed by atoms with E-state index in [2.05, 4.69) is 125 Å². The molecule has 0 saturated heterocycles. The Kier molecular flexibility index (Phi) is 22.9. The third kappa shape index (κ3) is 13.4. The van der Waals surface area contributed by atoms with Crippen LogP contribution in [-0.2, 0) is 0 Å². The molecule has 0 N–H and O–H groups in total. The number of hydrogen-bond acceptors (Lipinski definition) is 0. The van der Waals surface area contributed by atoms with E-state index in [4.69, 9.17) is 0 Å². The first-order chi connectivity index (χ1) is 20.7. The van der Waals surface area contributed by atoms with Crippen LogP contribution in [0.25, 0.3) is 0 Å². The summed E-state index contributed by atoms with van der Waals surface area (Å²) in [7, 11) is 0. The Morgan fingerprint density at radius 3 is 0.978 bits per heavy atom. The van der Waals surface area contributed by atoms with E-state index in [0.29, 0.717) is 32.5 Å². The van der Waals surface area contributed by atoms with E-state index in [1.165, 1.54) is 122 Å². The fraction of sp³-hybridized carbons (Fsp3) is 1.00. The monoisotopic (exact) mass is 635 g/mol. The lowest BCUT2D eigenvalue weighted by molar-refractivity contribution is -0.0731. The van der Waals surface area contributed by atoms with Gasteiger partial charge in [0, 0.05) is 0 Å². The van der Waals surface area contributed by atoms with E-state index < -0.39 is 0 Å². The maximum atomic E-state index is 2.64. The van der Waals surface area contributed by atoms with Gasteiger partial charge in [0.2, 0.25) is 0 Å². The molecule has 0 aromatic carbocycles. The number of rotatable bonds is 25. The van der Waals surface area contributed by atoms with Gasteiger partial charge in [0.05, 0.1) is 0 Å². The van der Waals surface area contributed by atoms with E-state index in [0.717, 1.165) is 11.8 Å². The first-order valence-electron chi connectivity index (χ1n) is 20.7. The van der Waals surface area contributed by atoms with Crippen molar-refractivity contribution in [3.05, 3.63) is 0 Å². The minimum Gasteiger partial charge on any atom is -0.0654 e. The van der Waals surface area contributed by atoms with Crippen molar-refractivity contribution in [2.75, 3.05) is 0 Å². The lowest BCUT2D eigenvalue weighted by Gasteiger charge is -2.57. The molecule has 0 saturated carbocycles. The SMILES string of the molecule is CCCCC(C)(C)C(C)(CCC(C)C)C(C)(CC)CCCC.CCCCC(C)(C)C(C)(CCC(C)CC)C(C)(CC)CCCC. The molecule has 0 heteroatoms. The zero-order chi connectivity index (χ0) is 35.6. The maximum absolute atomic E-state index is 2.64. The van der Waals surface area contributed by atoms with Crippen LogP contribution >= 0.6 is 0 Å². The molecule has 0 spiro atoms. The molecule has 0 aromatic rings. The smallest absolute Gasteiger partial charge is 0.0221 e. The number of hydrogen-bond donors (Lipinski definition) is 0. The summed E-state index contributed by atoms with van der Waals surface area (Å²) in [5.41, 5.74) is 2.65. The van der Waals surface area contributed by atoms with Crippen molar-refractivity contribution in [1.29, 1.82) is 0 Å². The van der Waals surface area contributed by atoms with Crippen molar-refractivity contribution in [3.63, 3.8) is 0 Å². The van der Waals surface area contributed by atoms with Crippen molar-refractivity contribution < 1.29 is 0 Å². The van der Waals surface area contributed by atoms with E-state index in [9.17, 15) is 0 Å². The van der Waals surface area contributed by atoms with Crippen LogP contribution in [0.2, 0.25) is 0 Å². The Morgan fingerprint density at radius 1 is 0.400 bits per heavy atom. The second-order valence-electron chi connectivity index (χ2n) is 18.7. The molecular formula is C45H94. The van der Waals surface area contributed by atoms with Crippen molar-refractivity contribution in [2.45, 2.75) is 247 Å². The molecule has 0 aromatic heterocycles. The summed E-state index contributed by atoms with van der Waals surface area (Å²) >= 11 is 0. The topological polar surface area (TPSA) is 0 Å². The lowest BCUT2D eigenvalue weighted by atomic mass is 9.48. The molecule has 0 rings (SSSR count). The molecule has 274 valence electrons. The predicted octanol–water partition coefficient (Wildman–Crippen LogP) is 16.9. The molecule has 0 bridgehead atoms. The van der Waals surface area contributed by atoms with Crippen LogP contribution in [0.4, 0.5) is 0 Å². The Labute approximate surface area is 290 Å². The maximum Gasteiger partial charge on any atom is -0.0221 e. The summed E-state index contributed by atoms with van der Waals surface area (Å²) in [5.74, 6) is 1.68. The number of unbranched alkanes of at least 4 members (excludes halogenated alkanes) is 4. The second kappa shape index (κ2) is 21.9. The van der Waals surface area contributed by atoms with Gasteiger partial charge in [-0.2, -0.15) is 0 Å². The summed E-state index contributed by atoms with van der Waals surface area (Å²) in [6, 6.07) is 0. The van der Waals surface area contributed by atoms with Gasteiger partial charge in [0.1, 0.15) is 0 Å². The van der Waals surface area contributed by atoms with E-state index in [1.807, 2.05) is 0 Å². The van der Waals surface area contributed by atoms with Gasteiger partial charge in [-0.15, -0.1) is 0 Å². The minimum atomic E-state index is 0.426. The molecule has 45 heavy (non-hydrogen) atoms. The van der Waals surface area contributed by atoms with Crippen molar-refractivity contribution >= 4 is 0 Å². The van der Waals surface area contributed by atoms with Crippen LogP contribution in [0.15, 0.2) is 0 Å². The average Bonchev–Trinajstić information content (AvgIpc) is 3.01. The molecular weight excluding hydrogens is 540 g/mol. The third-order valence-corrected chi connectivity index (χ3v) is 14.7. The molecule has 0 aliphatic carbocycles. The van der Waals surface area contributed by atoms with Crippen molar-refractivity contribution in [1.82, 2.24) is 0 Å². The molecule has 0 heterocycles. The molecule has 0 amide bonds. The first-order valence-corrected chi connectivity index (χ1v) is 20.7. The van der Waals surface area contributed by atoms with Gasteiger partial charge in [-0.1, -0.05) is 208 Å². The van der Waals surface area contributed by atoms with Gasteiger partial charge in [-0.05, 0) is 82.9 Å². The summed E-state index contributed by atoms with van der Waals surface area (Å²) in [6.45, 7) is 44.5. The predicted molar refractivity (Wildman–Crippen MR) is 211 cm³/mol. The third-order valence-electron chi connectivity index (χ3n) is 14.7. The van der Waals surface area contributed by atoms with Crippen molar-refractivity contribution in [2.24, 2.45) is 44.3 Å². The molecule has 0 aliphatic rings. The van der Waals surface area contributed by atoms with E-state index in [1.54, 1.807) is 0 Å². The molecule has 0 nitrogen and oxygen atoms in total. The van der Waals surface area contributed by atoms with Crippen LogP contribution in [0.1, 0.15) is 247 Å². The fourth-order valence-corrected chi connectivity index (χ4v) is 8.84. The van der Waals surface area contributed by atoms with Crippen LogP contribution in [0, 0.1) is 44.3 Å². The Bertz CT molecular complexity index is 714. The van der Waals surface area contributed by atoms with Crippen LogP contribution in [0.5, 0.6) is 0 Å². The average molecular weight is 635 g/mol. The highest BCUT2D eigenvalue weighted by atomic mass is 14.6. The molecule has 0 aliphatic heterocycles. The van der Waals surface area contributed by atoms with Gasteiger partial charge in [0.25, 0.3) is 0 Å². The highest BCUT2D eigenvalue weighted by Gasteiger charge is 2.52. The summed E-state index contributed by atoms with van der Waals surface area (Å²) in [5, 5.41) is 0. The summed E-state index contributed by atoms with van der Waals surface area (Å²) in [6.07, 6.45) is 25.8. The standard InChI is InChI=1S/C23H48.C22H46/c1-10-14-17-21(6,7)23(9,19-16-20(5)12-3)22(8,13-4)18-15-11-2;1-10-13-16-20(6,7)22(9,18-15-19(4)5)21(8,12-3)17-14-11-2/h20H,10-19H2,1-9H3;19H,10-18H2,1-9H3.